The van der Waals surface area contributed by atoms with Gasteiger partial charge < -0.3 is 10.6 Å². The van der Waals surface area contributed by atoms with Gasteiger partial charge in [0.25, 0.3) is 0 Å². The summed E-state index contributed by atoms with van der Waals surface area (Å²) in [5.74, 6) is -1.77. The van der Waals surface area contributed by atoms with Crippen molar-refractivity contribution in [3.63, 3.8) is 0 Å². The molecule has 0 aliphatic heterocycles. The van der Waals surface area contributed by atoms with E-state index < -0.39 is 11.6 Å². The molecule has 0 atom stereocenters. The molecular formula is C15H12Cl2F2N2O. The molecule has 0 radical (unpaired) electrons. The topological polar surface area (TPSA) is 41.1 Å². The van der Waals surface area contributed by atoms with Gasteiger partial charge in [0.2, 0.25) is 5.91 Å². The SMILES string of the molecule is O=C(CCNc1c(F)cccc1F)Nc1cc(Cl)ccc1Cl. The maximum absolute atomic E-state index is 13.4. The quantitative estimate of drug-likeness (QED) is 0.824. The van der Waals surface area contributed by atoms with Gasteiger partial charge in [-0.2, -0.15) is 0 Å². The number of benzene rings is 2. The average molecular weight is 345 g/mol. The number of hydrogen-bond donors (Lipinski definition) is 2. The Hall–Kier alpha value is -1.85. The van der Waals surface area contributed by atoms with Crippen LogP contribution in [0.4, 0.5) is 20.2 Å². The Labute approximate surface area is 136 Å². The van der Waals surface area contributed by atoms with Crippen LogP contribution in [0.2, 0.25) is 10.0 Å². The van der Waals surface area contributed by atoms with Crippen molar-refractivity contribution in [1.82, 2.24) is 0 Å². The van der Waals surface area contributed by atoms with E-state index in [-0.39, 0.29) is 24.6 Å². The molecule has 2 rings (SSSR count). The van der Waals surface area contributed by atoms with Crippen LogP contribution in [-0.4, -0.2) is 12.5 Å². The zero-order valence-corrected chi connectivity index (χ0v) is 12.8. The summed E-state index contributed by atoms with van der Waals surface area (Å²) < 4.78 is 26.8. The highest BCUT2D eigenvalue weighted by molar-refractivity contribution is 6.35. The van der Waals surface area contributed by atoms with Gasteiger partial charge in [-0.25, -0.2) is 8.78 Å². The molecule has 0 aliphatic rings. The van der Waals surface area contributed by atoms with Gasteiger partial charge in [-0.05, 0) is 30.3 Å². The third-order valence-corrected chi connectivity index (χ3v) is 3.38. The van der Waals surface area contributed by atoms with Gasteiger partial charge in [-0.3, -0.25) is 4.79 Å². The van der Waals surface area contributed by atoms with Gasteiger partial charge in [0, 0.05) is 18.0 Å². The van der Waals surface area contributed by atoms with E-state index >= 15 is 0 Å². The smallest absolute Gasteiger partial charge is 0.226 e. The molecule has 7 heteroatoms. The normalized spacial score (nSPS) is 10.4. The van der Waals surface area contributed by atoms with E-state index in [2.05, 4.69) is 10.6 Å². The molecular weight excluding hydrogens is 333 g/mol. The van der Waals surface area contributed by atoms with Crippen LogP contribution in [0.1, 0.15) is 6.42 Å². The standard InChI is InChI=1S/C15H12Cl2F2N2O/c16-9-4-5-10(17)13(8-9)21-14(22)6-7-20-15-11(18)2-1-3-12(15)19/h1-5,8,20H,6-7H2,(H,21,22). The molecule has 0 aromatic heterocycles. The maximum Gasteiger partial charge on any atom is 0.226 e. The molecule has 0 heterocycles. The second-order valence-corrected chi connectivity index (χ2v) is 5.29. The predicted octanol–water partition coefficient (Wildman–Crippen LogP) is 4.71. The second-order valence-electron chi connectivity index (χ2n) is 4.45. The van der Waals surface area contributed by atoms with E-state index in [1.165, 1.54) is 12.1 Å². The van der Waals surface area contributed by atoms with Crippen LogP contribution < -0.4 is 10.6 Å². The van der Waals surface area contributed by atoms with Crippen LogP contribution in [0.5, 0.6) is 0 Å². The van der Waals surface area contributed by atoms with Crippen LogP contribution in [0.25, 0.3) is 0 Å². The van der Waals surface area contributed by atoms with E-state index in [0.29, 0.717) is 15.7 Å². The highest BCUT2D eigenvalue weighted by Crippen LogP contribution is 2.25. The molecule has 0 saturated carbocycles. The Morgan fingerprint density at radius 1 is 1.09 bits per heavy atom. The number of carbonyl (C=O) groups excluding carboxylic acids is 1. The van der Waals surface area contributed by atoms with E-state index in [1.807, 2.05) is 0 Å². The monoisotopic (exact) mass is 344 g/mol. The number of amides is 1. The summed E-state index contributed by atoms with van der Waals surface area (Å²) in [5.41, 5.74) is 0.132. The number of nitrogens with one attached hydrogen (secondary N) is 2. The lowest BCUT2D eigenvalue weighted by atomic mass is 10.2. The fourth-order valence-electron chi connectivity index (χ4n) is 1.77. The van der Waals surface area contributed by atoms with Crippen LogP contribution >= 0.6 is 23.2 Å². The van der Waals surface area contributed by atoms with Gasteiger partial charge in [-0.15, -0.1) is 0 Å². The number of halogens is 4. The second kappa shape index (κ2) is 7.42. The molecule has 0 saturated heterocycles. The minimum Gasteiger partial charge on any atom is -0.380 e. The number of hydrogen-bond acceptors (Lipinski definition) is 2. The lowest BCUT2D eigenvalue weighted by molar-refractivity contribution is -0.115. The Morgan fingerprint density at radius 3 is 2.45 bits per heavy atom. The van der Waals surface area contributed by atoms with Crippen LogP contribution in [-0.2, 0) is 4.79 Å². The highest BCUT2D eigenvalue weighted by Gasteiger charge is 2.10. The molecule has 22 heavy (non-hydrogen) atoms. The first-order valence-electron chi connectivity index (χ1n) is 6.40. The number of rotatable bonds is 5. The maximum atomic E-state index is 13.4. The van der Waals surface area contributed by atoms with Gasteiger partial charge in [-0.1, -0.05) is 29.3 Å². The molecule has 3 nitrogen and oxygen atoms in total. The van der Waals surface area contributed by atoms with Gasteiger partial charge in [0.15, 0.2) is 0 Å². The van der Waals surface area contributed by atoms with Crippen molar-refractivity contribution in [1.29, 1.82) is 0 Å². The van der Waals surface area contributed by atoms with Crippen molar-refractivity contribution in [2.75, 3.05) is 17.2 Å². The molecule has 0 bridgehead atoms. The first-order valence-corrected chi connectivity index (χ1v) is 7.16. The molecule has 116 valence electrons. The van der Waals surface area contributed by atoms with Gasteiger partial charge in [0.1, 0.15) is 17.3 Å². The van der Waals surface area contributed by atoms with Crippen molar-refractivity contribution in [3.05, 3.63) is 58.1 Å². The minimum absolute atomic E-state index is 0.0105. The van der Waals surface area contributed by atoms with Crippen molar-refractivity contribution in [3.8, 4) is 0 Å². The molecule has 2 aromatic carbocycles. The van der Waals surface area contributed by atoms with E-state index in [4.69, 9.17) is 23.2 Å². The molecule has 0 aliphatic carbocycles. The Bertz CT molecular complexity index is 675. The summed E-state index contributed by atoms with van der Waals surface area (Å²) in [6.45, 7) is 0.0713. The van der Waals surface area contributed by atoms with Gasteiger partial charge >= 0.3 is 0 Å². The Balaban J connectivity index is 1.89. The van der Waals surface area contributed by atoms with Crippen molar-refractivity contribution in [2.45, 2.75) is 6.42 Å². The Kier molecular flexibility index (Phi) is 5.57. The van der Waals surface area contributed by atoms with Gasteiger partial charge in [0.05, 0.1) is 10.7 Å². The fourth-order valence-corrected chi connectivity index (χ4v) is 2.11. The zero-order valence-electron chi connectivity index (χ0n) is 11.3. The fraction of sp³-hybridized carbons (Fsp3) is 0.133. The predicted molar refractivity (Wildman–Crippen MR) is 84.6 cm³/mol. The van der Waals surface area contributed by atoms with E-state index in [9.17, 15) is 13.6 Å². The third kappa shape index (κ3) is 4.32. The van der Waals surface area contributed by atoms with E-state index in [0.717, 1.165) is 12.1 Å². The highest BCUT2D eigenvalue weighted by atomic mass is 35.5. The van der Waals surface area contributed by atoms with Crippen LogP contribution in [0.3, 0.4) is 0 Å². The number of anilines is 2. The first kappa shape index (κ1) is 16.5. The molecule has 0 spiro atoms. The summed E-state index contributed by atoms with van der Waals surface area (Å²) in [4.78, 5) is 11.8. The summed E-state index contributed by atoms with van der Waals surface area (Å²) in [7, 11) is 0. The molecule has 0 unspecified atom stereocenters. The number of carbonyl (C=O) groups is 1. The first-order chi connectivity index (χ1) is 10.5. The molecule has 2 aromatic rings. The summed E-state index contributed by atoms with van der Waals surface area (Å²) in [6.07, 6.45) is 0.0105. The van der Waals surface area contributed by atoms with Crippen molar-refractivity contribution < 1.29 is 13.6 Å². The largest absolute Gasteiger partial charge is 0.380 e. The Morgan fingerprint density at radius 2 is 1.77 bits per heavy atom. The lowest BCUT2D eigenvalue weighted by Gasteiger charge is -2.10. The molecule has 1 amide bonds. The third-order valence-electron chi connectivity index (χ3n) is 2.82. The lowest BCUT2D eigenvalue weighted by Crippen LogP contribution is -2.17. The summed E-state index contributed by atoms with van der Waals surface area (Å²) >= 11 is 11.7. The van der Waals surface area contributed by atoms with Crippen LogP contribution in [0.15, 0.2) is 36.4 Å². The molecule has 2 N–H and O–H groups in total. The summed E-state index contributed by atoms with van der Waals surface area (Å²) in [5, 5.41) is 5.93. The average Bonchev–Trinajstić information content (AvgIpc) is 2.46. The summed E-state index contributed by atoms with van der Waals surface area (Å²) in [6, 6.07) is 8.22. The zero-order chi connectivity index (χ0) is 16.1. The van der Waals surface area contributed by atoms with Crippen LogP contribution in [0, 0.1) is 11.6 Å². The minimum atomic E-state index is -0.710. The number of para-hydroxylation sites is 1. The van der Waals surface area contributed by atoms with Crippen molar-refractivity contribution >= 4 is 40.5 Å². The van der Waals surface area contributed by atoms with Crippen molar-refractivity contribution in [2.24, 2.45) is 0 Å². The van der Waals surface area contributed by atoms with E-state index in [1.54, 1.807) is 12.1 Å². The molecule has 0 fully saturated rings.